The molecule has 31 heavy (non-hydrogen) atoms. The second-order valence-corrected chi connectivity index (χ2v) is 9.00. The smallest absolute Gasteiger partial charge is 0.338 e. The number of hydrogen-bond acceptors (Lipinski definition) is 5. The van der Waals surface area contributed by atoms with Crippen LogP contribution in [0.15, 0.2) is 48.5 Å². The topological polar surface area (TPSA) is 95.9 Å². The summed E-state index contributed by atoms with van der Waals surface area (Å²) in [5, 5.41) is 24.1. The van der Waals surface area contributed by atoms with E-state index in [1.807, 2.05) is 44.2 Å². The van der Waals surface area contributed by atoms with Crippen molar-refractivity contribution in [2.45, 2.75) is 57.3 Å². The second kappa shape index (κ2) is 8.18. The van der Waals surface area contributed by atoms with E-state index in [0.29, 0.717) is 16.8 Å². The molecule has 0 saturated carbocycles. The zero-order chi connectivity index (χ0) is 22.9. The Hall–Kier alpha value is -3.14. The highest BCUT2D eigenvalue weighted by molar-refractivity contribution is 6.00. The molecule has 1 amide bonds. The van der Waals surface area contributed by atoms with Crippen LogP contribution in [0.2, 0.25) is 0 Å². The molecule has 1 aliphatic rings. The summed E-state index contributed by atoms with van der Waals surface area (Å²) < 4.78 is 4.99. The van der Waals surface area contributed by atoms with Crippen LogP contribution in [0.4, 0.5) is 5.69 Å². The first-order valence-electron chi connectivity index (χ1n) is 10.1. The van der Waals surface area contributed by atoms with E-state index >= 15 is 0 Å². The van der Waals surface area contributed by atoms with Crippen molar-refractivity contribution >= 4 is 17.6 Å². The Kier molecular flexibility index (Phi) is 5.95. The van der Waals surface area contributed by atoms with Crippen LogP contribution >= 0.6 is 0 Å². The van der Waals surface area contributed by atoms with Crippen LogP contribution in [0.1, 0.15) is 55.6 Å². The maximum atomic E-state index is 13.2. The molecule has 0 aliphatic carbocycles. The number of amides is 1. The summed E-state index contributed by atoms with van der Waals surface area (Å²) in [5.74, 6) is 4.08. The number of benzene rings is 2. The third-order valence-electron chi connectivity index (χ3n) is 5.15. The minimum atomic E-state index is -2.06. The Balaban J connectivity index is 1.91. The molecule has 6 nitrogen and oxygen atoms in total. The molecule has 0 bridgehead atoms. The number of ether oxygens (including phenoxy) is 1. The quantitative estimate of drug-likeness (QED) is 0.509. The van der Waals surface area contributed by atoms with Crippen molar-refractivity contribution in [3.63, 3.8) is 0 Å². The molecule has 1 heterocycles. The van der Waals surface area contributed by atoms with Gasteiger partial charge >= 0.3 is 5.97 Å². The van der Waals surface area contributed by atoms with Gasteiger partial charge in [-0.05, 0) is 43.0 Å². The largest absolute Gasteiger partial charge is 0.457 e. The molecule has 1 unspecified atom stereocenters. The van der Waals surface area contributed by atoms with Gasteiger partial charge in [-0.15, -0.1) is 0 Å². The van der Waals surface area contributed by atoms with Gasteiger partial charge in [0.05, 0.1) is 5.56 Å². The molecule has 3 rings (SSSR count). The van der Waals surface area contributed by atoms with Crippen LogP contribution in [-0.4, -0.2) is 33.3 Å². The molecule has 0 spiro atoms. The number of hydrogen-bond donors (Lipinski definition) is 3. The first-order chi connectivity index (χ1) is 14.4. The predicted octanol–water partition coefficient (Wildman–Crippen LogP) is 3.17. The average molecular weight is 421 g/mol. The number of fused-ring (bicyclic) bond motifs is 1. The van der Waals surface area contributed by atoms with Gasteiger partial charge in [0.2, 0.25) is 5.60 Å². The molecule has 2 aromatic carbocycles. The van der Waals surface area contributed by atoms with Crippen molar-refractivity contribution < 1.29 is 24.5 Å². The van der Waals surface area contributed by atoms with Gasteiger partial charge in [-0.2, -0.15) is 0 Å². The van der Waals surface area contributed by atoms with Gasteiger partial charge in [0.15, 0.2) is 0 Å². The number of carbonyl (C=O) groups excluding carboxylic acids is 2. The third kappa shape index (κ3) is 5.32. The Morgan fingerprint density at radius 2 is 1.74 bits per heavy atom. The molecule has 162 valence electrons. The highest BCUT2D eigenvalue weighted by Crippen LogP contribution is 2.33. The maximum Gasteiger partial charge on any atom is 0.338 e. The highest BCUT2D eigenvalue weighted by Gasteiger charge is 2.41. The van der Waals surface area contributed by atoms with Crippen molar-refractivity contribution in [2.24, 2.45) is 0 Å². The number of anilines is 1. The van der Waals surface area contributed by atoms with Gasteiger partial charge in [0.1, 0.15) is 12.2 Å². The molecular formula is C25H27NO5. The molecule has 0 aromatic heterocycles. The summed E-state index contributed by atoms with van der Waals surface area (Å²) >= 11 is 0. The Bertz CT molecular complexity index is 1060. The molecule has 1 atom stereocenters. The number of carbonyl (C=O) groups is 2. The van der Waals surface area contributed by atoms with E-state index in [0.717, 1.165) is 5.56 Å². The number of esters is 1. The zero-order valence-corrected chi connectivity index (χ0v) is 18.2. The molecule has 2 aromatic rings. The van der Waals surface area contributed by atoms with Crippen molar-refractivity contribution in [2.75, 3.05) is 5.32 Å². The van der Waals surface area contributed by atoms with Gasteiger partial charge in [-0.3, -0.25) is 4.79 Å². The highest BCUT2D eigenvalue weighted by atomic mass is 16.5. The number of rotatable bonds is 5. The summed E-state index contributed by atoms with van der Waals surface area (Å²) in [6, 6.07) is 14.3. The zero-order valence-electron chi connectivity index (χ0n) is 18.2. The lowest BCUT2D eigenvalue weighted by Gasteiger charge is -2.33. The van der Waals surface area contributed by atoms with Crippen molar-refractivity contribution in [3.8, 4) is 11.8 Å². The normalized spacial score (nSPS) is 15.2. The standard InChI is InChI=1S/C25H27NO5/c1-23(2,18-8-6-5-7-9-18)16-25(30,13-12-24(3,4)29)22(28)26-19-10-11-20-17(14-19)15-31-21(20)27/h5-11,14,29-30H,15-16H2,1-4H3,(H,26,28). The van der Waals surface area contributed by atoms with E-state index < -0.39 is 28.5 Å². The Morgan fingerprint density at radius 1 is 1.06 bits per heavy atom. The maximum absolute atomic E-state index is 13.2. The van der Waals surface area contributed by atoms with Gasteiger partial charge < -0.3 is 20.3 Å². The third-order valence-corrected chi connectivity index (χ3v) is 5.15. The summed E-state index contributed by atoms with van der Waals surface area (Å²) in [7, 11) is 0. The number of aliphatic hydroxyl groups is 2. The predicted molar refractivity (Wildman–Crippen MR) is 117 cm³/mol. The molecule has 0 radical (unpaired) electrons. The van der Waals surface area contributed by atoms with Gasteiger partial charge in [-0.25, -0.2) is 4.79 Å². The second-order valence-electron chi connectivity index (χ2n) is 9.00. The van der Waals surface area contributed by atoms with E-state index in [2.05, 4.69) is 17.2 Å². The van der Waals surface area contributed by atoms with E-state index in [1.54, 1.807) is 18.2 Å². The van der Waals surface area contributed by atoms with Crippen molar-refractivity contribution in [1.29, 1.82) is 0 Å². The fourth-order valence-corrected chi connectivity index (χ4v) is 3.51. The number of cyclic esters (lactones) is 1. The van der Waals surface area contributed by atoms with Gasteiger partial charge in [0, 0.05) is 17.7 Å². The summed E-state index contributed by atoms with van der Waals surface area (Å²) in [4.78, 5) is 24.8. The van der Waals surface area contributed by atoms with Crippen LogP contribution in [0, 0.1) is 11.8 Å². The summed E-state index contributed by atoms with van der Waals surface area (Å²) in [5.41, 5.74) is -1.54. The minimum absolute atomic E-state index is 0.00542. The molecule has 6 heteroatoms. The fraction of sp³-hybridized carbons (Fsp3) is 0.360. The van der Waals surface area contributed by atoms with Crippen molar-refractivity contribution in [1.82, 2.24) is 0 Å². The monoisotopic (exact) mass is 421 g/mol. The van der Waals surface area contributed by atoms with Gasteiger partial charge in [-0.1, -0.05) is 56.0 Å². The fourth-order valence-electron chi connectivity index (χ4n) is 3.51. The van der Waals surface area contributed by atoms with Gasteiger partial charge in [0.25, 0.3) is 5.91 Å². The van der Waals surface area contributed by atoms with Crippen LogP contribution in [0.25, 0.3) is 0 Å². The summed E-state index contributed by atoms with van der Waals surface area (Å²) in [6.45, 7) is 6.95. The lowest BCUT2D eigenvalue weighted by molar-refractivity contribution is -0.130. The molecule has 1 aliphatic heterocycles. The van der Waals surface area contributed by atoms with Crippen LogP contribution < -0.4 is 5.32 Å². The Morgan fingerprint density at radius 3 is 2.39 bits per heavy atom. The van der Waals surface area contributed by atoms with Crippen LogP contribution in [0.5, 0.6) is 0 Å². The van der Waals surface area contributed by atoms with Crippen LogP contribution in [0.3, 0.4) is 0 Å². The average Bonchev–Trinajstić information content (AvgIpc) is 3.06. The molecular weight excluding hydrogens is 394 g/mol. The Labute approximate surface area is 182 Å². The van der Waals surface area contributed by atoms with Crippen LogP contribution in [-0.2, 0) is 21.6 Å². The minimum Gasteiger partial charge on any atom is -0.457 e. The van der Waals surface area contributed by atoms with E-state index in [4.69, 9.17) is 4.74 Å². The summed E-state index contributed by atoms with van der Waals surface area (Å²) in [6.07, 6.45) is 0.00542. The van der Waals surface area contributed by atoms with E-state index in [9.17, 15) is 19.8 Å². The SMILES string of the molecule is CC(C)(O)C#CC(O)(CC(C)(C)c1ccccc1)C(=O)Nc1ccc2c(c1)COC2=O. The molecule has 0 fully saturated rings. The number of nitrogens with one attached hydrogen (secondary N) is 1. The molecule has 0 saturated heterocycles. The molecule has 3 N–H and O–H groups in total. The first kappa shape index (κ1) is 22.5. The first-order valence-corrected chi connectivity index (χ1v) is 10.1. The van der Waals surface area contributed by atoms with E-state index in [-0.39, 0.29) is 13.0 Å². The van der Waals surface area contributed by atoms with E-state index in [1.165, 1.54) is 13.8 Å². The lowest BCUT2D eigenvalue weighted by Crippen LogP contribution is -2.46. The van der Waals surface area contributed by atoms with Crippen molar-refractivity contribution in [3.05, 3.63) is 65.2 Å². The lowest BCUT2D eigenvalue weighted by atomic mass is 9.75.